The van der Waals surface area contributed by atoms with Crippen LogP contribution in [0.2, 0.25) is 0 Å². The van der Waals surface area contributed by atoms with Crippen molar-refractivity contribution in [1.82, 2.24) is 5.25 Å². The Kier molecular flexibility index (Phi) is 2.01. The molecule has 3 nitrogen and oxygen atoms in total. The van der Waals surface area contributed by atoms with Crippen LogP contribution in [0.4, 0.5) is 0 Å². The van der Waals surface area contributed by atoms with Crippen molar-refractivity contribution in [1.29, 1.82) is 0 Å². The smallest absolute Gasteiger partial charge is 0.366 e. The minimum Gasteiger partial charge on any atom is -0.366 e. The summed E-state index contributed by atoms with van der Waals surface area (Å²) in [6, 6.07) is 7.26. The van der Waals surface area contributed by atoms with Crippen LogP contribution in [0.1, 0.15) is 10.7 Å². The molecular weight excluding hydrogens is 197 g/mol. The highest BCUT2D eigenvalue weighted by Crippen LogP contribution is 2.47. The zero-order valence-corrected chi connectivity index (χ0v) is 7.68. The summed E-state index contributed by atoms with van der Waals surface area (Å²) in [5, 5.41) is 1.87. The quantitative estimate of drug-likeness (QED) is 0.519. The molecule has 0 bridgehead atoms. The van der Waals surface area contributed by atoms with Gasteiger partial charge in [-0.15, -0.1) is 0 Å². The van der Waals surface area contributed by atoms with Gasteiger partial charge in [-0.1, -0.05) is 23.7 Å². The Morgan fingerprint density at radius 3 is 3.08 bits per heavy atom. The summed E-state index contributed by atoms with van der Waals surface area (Å²) in [7, 11) is -1.70. The number of fused-ring (bicyclic) bond motifs is 1. The predicted octanol–water partition coefficient (Wildman–Crippen LogP) is 2.56. The summed E-state index contributed by atoms with van der Waals surface area (Å²) >= 11 is 5.87. The van der Waals surface area contributed by atoms with Gasteiger partial charge in [-0.25, -0.2) is 0 Å². The topological polar surface area (TPSA) is 38.3 Å². The van der Waals surface area contributed by atoms with Crippen molar-refractivity contribution in [2.45, 2.75) is 5.12 Å². The average molecular weight is 203 g/mol. The van der Waals surface area contributed by atoms with Crippen molar-refractivity contribution < 1.29 is 9.40 Å². The molecule has 0 radical (unpaired) electrons. The van der Waals surface area contributed by atoms with E-state index >= 15 is 0 Å². The van der Waals surface area contributed by atoms with Gasteiger partial charge in [-0.3, -0.25) is 0 Å². The van der Waals surface area contributed by atoms with Crippen molar-refractivity contribution in [2.75, 3.05) is 0 Å². The van der Waals surface area contributed by atoms with Gasteiger partial charge in [0, 0.05) is 0 Å². The molecule has 1 heterocycles. The van der Waals surface area contributed by atoms with Crippen LogP contribution in [-0.4, -0.2) is 0 Å². The van der Waals surface area contributed by atoms with E-state index in [1.165, 1.54) is 0 Å². The molecule has 5 heteroatoms. The van der Waals surface area contributed by atoms with Crippen LogP contribution >= 0.6 is 19.6 Å². The highest BCUT2D eigenvalue weighted by molar-refractivity contribution is 7.45. The molecule has 12 heavy (non-hydrogen) atoms. The molecular formula is C7H6ClNO2P+. The molecule has 2 atom stereocenters. The Morgan fingerprint density at radius 2 is 2.25 bits per heavy atom. The second-order valence-corrected chi connectivity index (χ2v) is 4.48. The van der Waals surface area contributed by atoms with Gasteiger partial charge in [0.25, 0.3) is 5.12 Å². The first-order chi connectivity index (χ1) is 5.79. The van der Waals surface area contributed by atoms with Crippen LogP contribution < -0.4 is 10.1 Å². The van der Waals surface area contributed by atoms with Crippen molar-refractivity contribution in [2.24, 2.45) is 0 Å². The van der Waals surface area contributed by atoms with E-state index < -0.39 is 13.1 Å². The molecule has 1 N–H and O–H groups in total. The maximum atomic E-state index is 11.1. The summed E-state index contributed by atoms with van der Waals surface area (Å²) < 4.78 is 11.1. The largest absolute Gasteiger partial charge is 0.492 e. The van der Waals surface area contributed by atoms with Crippen molar-refractivity contribution in [3.63, 3.8) is 0 Å². The first-order valence-corrected chi connectivity index (χ1v) is 5.17. The van der Waals surface area contributed by atoms with Crippen molar-refractivity contribution in [3.8, 4) is 5.75 Å². The van der Waals surface area contributed by atoms with Crippen LogP contribution in [0.5, 0.6) is 5.75 Å². The van der Waals surface area contributed by atoms with E-state index in [-0.39, 0.29) is 0 Å². The molecule has 0 spiro atoms. The highest BCUT2D eigenvalue weighted by Gasteiger charge is 2.38. The number of hydrogen-bond donors (Lipinski definition) is 1. The summed E-state index contributed by atoms with van der Waals surface area (Å²) in [4.78, 5) is 4.99. The van der Waals surface area contributed by atoms with Crippen molar-refractivity contribution >= 4 is 19.6 Å². The zero-order chi connectivity index (χ0) is 8.55. The minimum atomic E-state index is -1.70. The zero-order valence-electron chi connectivity index (χ0n) is 6.03. The normalized spacial score (nSPS) is 24.4. The number of benzene rings is 1. The van der Waals surface area contributed by atoms with Gasteiger partial charge in [0.2, 0.25) is 0 Å². The number of halogens is 1. The van der Waals surface area contributed by atoms with Gasteiger partial charge in [0.05, 0.1) is 10.8 Å². The fraction of sp³-hybridized carbons (Fsp3) is 0.143. The number of para-hydroxylation sites is 1. The molecule has 2 unspecified atom stereocenters. The van der Waals surface area contributed by atoms with Gasteiger partial charge < -0.3 is 4.84 Å². The van der Waals surface area contributed by atoms with Gasteiger partial charge in [-0.2, -0.15) is 0 Å². The van der Waals surface area contributed by atoms with Crippen LogP contribution in [0.3, 0.4) is 0 Å². The lowest BCUT2D eigenvalue weighted by molar-refractivity contribution is 0.262. The second-order valence-electron chi connectivity index (χ2n) is 2.39. The molecule has 0 saturated heterocycles. The number of hydrogen-bond acceptors (Lipinski definition) is 2. The molecule has 1 aromatic carbocycles. The molecule has 2 rings (SSSR count). The van der Waals surface area contributed by atoms with Gasteiger partial charge in [-0.05, 0) is 16.7 Å². The third-order valence-corrected chi connectivity index (χ3v) is 3.36. The maximum absolute atomic E-state index is 11.1. The molecule has 0 aromatic heterocycles. The highest BCUT2D eigenvalue weighted by atomic mass is 35.5. The number of nitrogens with one attached hydrogen (secondary N) is 1. The number of alkyl halides is 1. The molecule has 1 aromatic rings. The lowest BCUT2D eigenvalue weighted by Crippen LogP contribution is -2.16. The Hall–Kier alpha value is -0.630. The standard InChI is InChI=1S/C7H6ClNO2P/c8-7-5-3-1-2-4-6(5)11-9-12(7)10/h1-4,7H,(H,9,10)/q+1. The summed E-state index contributed by atoms with van der Waals surface area (Å²) in [6.45, 7) is 0. The van der Waals surface area contributed by atoms with E-state index in [4.69, 9.17) is 16.4 Å². The lowest BCUT2D eigenvalue weighted by atomic mass is 10.2. The molecule has 0 saturated carbocycles. The molecule has 1 aliphatic rings. The van der Waals surface area contributed by atoms with E-state index in [9.17, 15) is 4.57 Å². The Bertz CT molecular complexity index is 331. The minimum absolute atomic E-state index is 0.495. The predicted molar refractivity (Wildman–Crippen MR) is 46.4 cm³/mol. The monoisotopic (exact) mass is 202 g/mol. The summed E-state index contributed by atoms with van der Waals surface area (Å²) in [5.74, 6) is 0.645. The SMILES string of the molecule is O=[P+]1NOc2ccccc2C1Cl. The van der Waals surface area contributed by atoms with E-state index in [0.29, 0.717) is 5.75 Å². The van der Waals surface area contributed by atoms with E-state index in [1.54, 1.807) is 12.1 Å². The Morgan fingerprint density at radius 1 is 1.50 bits per heavy atom. The fourth-order valence-corrected chi connectivity index (χ4v) is 2.08. The van der Waals surface area contributed by atoms with Gasteiger partial charge in [0.1, 0.15) is 0 Å². The van der Waals surface area contributed by atoms with Crippen molar-refractivity contribution in [3.05, 3.63) is 29.8 Å². The lowest BCUT2D eigenvalue weighted by Gasteiger charge is -2.11. The van der Waals surface area contributed by atoms with E-state index in [2.05, 4.69) is 5.25 Å². The first-order valence-electron chi connectivity index (χ1n) is 3.41. The van der Waals surface area contributed by atoms with Crippen LogP contribution in [0.25, 0.3) is 0 Å². The fourth-order valence-electron chi connectivity index (χ4n) is 1.04. The molecule has 62 valence electrons. The van der Waals surface area contributed by atoms with E-state index in [1.807, 2.05) is 12.1 Å². The van der Waals surface area contributed by atoms with Gasteiger partial charge >= 0.3 is 7.95 Å². The van der Waals surface area contributed by atoms with Crippen LogP contribution in [0, 0.1) is 0 Å². The summed E-state index contributed by atoms with van der Waals surface area (Å²) in [6.07, 6.45) is 0. The second kappa shape index (κ2) is 3.02. The Balaban J connectivity index is 2.48. The van der Waals surface area contributed by atoms with Crippen LogP contribution in [0.15, 0.2) is 24.3 Å². The molecule has 0 fully saturated rings. The third-order valence-electron chi connectivity index (χ3n) is 1.63. The van der Waals surface area contributed by atoms with E-state index in [0.717, 1.165) is 5.56 Å². The first kappa shape index (κ1) is 7.99. The summed E-state index contributed by atoms with van der Waals surface area (Å²) in [5.41, 5.74) is 0.777. The average Bonchev–Trinajstić information content (AvgIpc) is 2.12. The van der Waals surface area contributed by atoms with Gasteiger partial charge in [0.15, 0.2) is 5.75 Å². The molecule has 1 aliphatic heterocycles. The maximum Gasteiger partial charge on any atom is 0.492 e. The number of rotatable bonds is 0. The molecule has 0 amide bonds. The van der Waals surface area contributed by atoms with Crippen LogP contribution in [-0.2, 0) is 4.57 Å². The third kappa shape index (κ3) is 1.20. The molecule has 0 aliphatic carbocycles. The Labute approximate surface area is 75.5 Å².